The van der Waals surface area contributed by atoms with E-state index in [1.165, 1.54) is 17.3 Å². The zero-order valence-electron chi connectivity index (χ0n) is 9.83. The minimum atomic E-state index is 0.628. The van der Waals surface area contributed by atoms with Crippen LogP contribution >= 0.6 is 35.1 Å². The average Bonchev–Trinajstić information content (AvgIpc) is 2.33. The summed E-state index contributed by atoms with van der Waals surface area (Å²) in [5.41, 5.74) is 8.66. The zero-order valence-corrected chi connectivity index (χ0v) is 12.2. The number of anilines is 2. The van der Waals surface area contributed by atoms with Crippen LogP contribution in [0.2, 0.25) is 5.02 Å². The van der Waals surface area contributed by atoms with Crippen molar-refractivity contribution in [2.45, 2.75) is 12.2 Å². The molecule has 1 aliphatic heterocycles. The Labute approximate surface area is 116 Å². The fraction of sp³-hybridized carbons (Fsp3) is 0.500. The Morgan fingerprint density at radius 1 is 1.47 bits per heavy atom. The van der Waals surface area contributed by atoms with Gasteiger partial charge >= 0.3 is 0 Å². The van der Waals surface area contributed by atoms with Crippen molar-refractivity contribution in [2.24, 2.45) is 0 Å². The van der Waals surface area contributed by atoms with E-state index in [1.807, 2.05) is 23.9 Å². The van der Waals surface area contributed by atoms with Crippen molar-refractivity contribution in [3.8, 4) is 0 Å². The van der Waals surface area contributed by atoms with Crippen molar-refractivity contribution in [1.82, 2.24) is 0 Å². The van der Waals surface area contributed by atoms with Gasteiger partial charge in [-0.2, -0.15) is 23.5 Å². The number of nitrogen functional groups attached to an aromatic ring is 1. The van der Waals surface area contributed by atoms with Crippen molar-refractivity contribution >= 4 is 46.5 Å². The van der Waals surface area contributed by atoms with Crippen molar-refractivity contribution in [1.29, 1.82) is 0 Å². The van der Waals surface area contributed by atoms with Crippen LogP contribution in [0.15, 0.2) is 12.1 Å². The Balaban J connectivity index is 1.96. The van der Waals surface area contributed by atoms with Crippen LogP contribution in [0, 0.1) is 6.92 Å². The zero-order chi connectivity index (χ0) is 12.3. The molecule has 1 fully saturated rings. The minimum absolute atomic E-state index is 0.628. The molecule has 0 aliphatic carbocycles. The molecule has 2 nitrogen and oxygen atoms in total. The van der Waals surface area contributed by atoms with Gasteiger partial charge in [-0.15, -0.1) is 0 Å². The minimum Gasteiger partial charge on any atom is -0.398 e. The lowest BCUT2D eigenvalue weighted by Crippen LogP contribution is -2.23. The highest BCUT2D eigenvalue weighted by Gasteiger charge is 2.14. The van der Waals surface area contributed by atoms with Gasteiger partial charge in [-0.05, 0) is 24.6 Å². The molecule has 1 aromatic carbocycles. The smallest absolute Gasteiger partial charge is 0.0656 e. The maximum absolute atomic E-state index is 6.03. The molecule has 1 atom stereocenters. The molecule has 0 radical (unpaired) electrons. The van der Waals surface area contributed by atoms with E-state index in [0.29, 0.717) is 16.0 Å². The van der Waals surface area contributed by atoms with Gasteiger partial charge in [-0.3, -0.25) is 0 Å². The van der Waals surface area contributed by atoms with Crippen LogP contribution in [-0.4, -0.2) is 29.1 Å². The Morgan fingerprint density at radius 2 is 2.29 bits per heavy atom. The number of nitrogens with two attached hydrogens (primary N) is 1. The third-order valence-electron chi connectivity index (χ3n) is 2.75. The second-order valence-corrected chi connectivity index (χ2v) is 7.10. The highest BCUT2D eigenvalue weighted by molar-refractivity contribution is 8.06. The summed E-state index contributed by atoms with van der Waals surface area (Å²) in [6, 6.07) is 3.85. The lowest BCUT2D eigenvalue weighted by Gasteiger charge is -2.22. The fourth-order valence-corrected chi connectivity index (χ4v) is 4.55. The average molecular weight is 289 g/mol. The van der Waals surface area contributed by atoms with Gasteiger partial charge in [-0.25, -0.2) is 0 Å². The first kappa shape index (κ1) is 13.2. The molecule has 1 heterocycles. The molecule has 3 N–H and O–H groups in total. The monoisotopic (exact) mass is 288 g/mol. The molecule has 0 aromatic heterocycles. The summed E-state index contributed by atoms with van der Waals surface area (Å²) < 4.78 is 0. The summed E-state index contributed by atoms with van der Waals surface area (Å²) in [5.74, 6) is 3.78. The number of hydrogen-bond donors (Lipinski definition) is 2. The lowest BCUT2D eigenvalue weighted by molar-refractivity contribution is 1.00. The van der Waals surface area contributed by atoms with Crippen LogP contribution < -0.4 is 11.1 Å². The van der Waals surface area contributed by atoms with Crippen molar-refractivity contribution < 1.29 is 0 Å². The normalized spacial score (nSPS) is 20.2. The molecule has 0 saturated carbocycles. The maximum Gasteiger partial charge on any atom is 0.0656 e. The van der Waals surface area contributed by atoms with Gasteiger partial charge in [0.1, 0.15) is 0 Å². The lowest BCUT2D eigenvalue weighted by atomic mass is 10.2. The van der Waals surface area contributed by atoms with E-state index in [2.05, 4.69) is 24.0 Å². The molecular formula is C12H17ClN2S2. The first-order valence-corrected chi connectivity index (χ1v) is 8.24. The third kappa shape index (κ3) is 3.63. The van der Waals surface area contributed by atoms with E-state index in [1.54, 1.807) is 0 Å². The molecule has 94 valence electrons. The van der Waals surface area contributed by atoms with E-state index in [-0.39, 0.29) is 0 Å². The molecule has 0 amide bonds. The number of halogens is 1. The molecule has 1 aromatic rings. The largest absolute Gasteiger partial charge is 0.398 e. The summed E-state index contributed by atoms with van der Waals surface area (Å²) in [4.78, 5) is 0. The molecule has 0 bridgehead atoms. The van der Waals surface area contributed by atoms with Gasteiger partial charge in [0.15, 0.2) is 0 Å². The Morgan fingerprint density at radius 3 is 3.00 bits per heavy atom. The standard InChI is InChI=1S/C12H17ClN2S2/c1-8-4-11(14)10(13)5-12(8)15-6-9-7-16-2-3-17-9/h4-5,9,15H,2-3,6-7,14H2,1H3. The van der Waals surface area contributed by atoms with Crippen LogP contribution in [0.25, 0.3) is 0 Å². The SMILES string of the molecule is Cc1cc(N)c(Cl)cc1NCC1CSCCS1. The van der Waals surface area contributed by atoms with Gasteiger partial charge < -0.3 is 11.1 Å². The van der Waals surface area contributed by atoms with E-state index < -0.39 is 0 Å². The van der Waals surface area contributed by atoms with Gasteiger partial charge in [-0.1, -0.05) is 11.6 Å². The van der Waals surface area contributed by atoms with Crippen molar-refractivity contribution in [3.63, 3.8) is 0 Å². The predicted molar refractivity (Wildman–Crippen MR) is 82.7 cm³/mol. The molecule has 0 spiro atoms. The van der Waals surface area contributed by atoms with Crippen LogP contribution in [-0.2, 0) is 0 Å². The van der Waals surface area contributed by atoms with Gasteiger partial charge in [0.25, 0.3) is 0 Å². The van der Waals surface area contributed by atoms with Gasteiger partial charge in [0.2, 0.25) is 0 Å². The number of benzene rings is 1. The summed E-state index contributed by atoms with van der Waals surface area (Å²) in [6.45, 7) is 3.05. The van der Waals surface area contributed by atoms with Gasteiger partial charge in [0, 0.05) is 34.7 Å². The van der Waals surface area contributed by atoms with Crippen LogP contribution in [0.4, 0.5) is 11.4 Å². The van der Waals surface area contributed by atoms with E-state index >= 15 is 0 Å². The Bertz CT molecular complexity index is 392. The highest BCUT2D eigenvalue weighted by atomic mass is 35.5. The fourth-order valence-electron chi connectivity index (χ4n) is 1.77. The first-order chi connectivity index (χ1) is 8.16. The summed E-state index contributed by atoms with van der Waals surface area (Å²) in [6.07, 6.45) is 0. The molecular weight excluding hydrogens is 272 g/mol. The topological polar surface area (TPSA) is 38.0 Å². The Kier molecular flexibility index (Phi) is 4.77. The number of aryl methyl sites for hydroxylation is 1. The molecule has 17 heavy (non-hydrogen) atoms. The number of thioether (sulfide) groups is 2. The Hall–Kier alpha value is -0.190. The maximum atomic E-state index is 6.03. The summed E-state index contributed by atoms with van der Waals surface area (Å²) >= 11 is 10.1. The van der Waals surface area contributed by atoms with Gasteiger partial charge in [0.05, 0.1) is 10.7 Å². The van der Waals surface area contributed by atoms with Crippen LogP contribution in [0.3, 0.4) is 0 Å². The molecule has 2 rings (SSSR count). The number of nitrogens with one attached hydrogen (secondary N) is 1. The van der Waals surface area contributed by atoms with Crippen LogP contribution in [0.5, 0.6) is 0 Å². The van der Waals surface area contributed by atoms with Crippen LogP contribution in [0.1, 0.15) is 5.56 Å². The van der Waals surface area contributed by atoms with E-state index in [9.17, 15) is 0 Å². The predicted octanol–water partition coefficient (Wildman–Crippen LogP) is 3.49. The summed E-state index contributed by atoms with van der Waals surface area (Å²) in [5, 5.41) is 4.80. The highest BCUT2D eigenvalue weighted by Crippen LogP contribution is 2.28. The second kappa shape index (κ2) is 6.12. The van der Waals surface area contributed by atoms with E-state index in [0.717, 1.165) is 17.8 Å². The number of hydrogen-bond acceptors (Lipinski definition) is 4. The first-order valence-electron chi connectivity index (χ1n) is 5.65. The van der Waals surface area contributed by atoms with Crippen molar-refractivity contribution in [2.75, 3.05) is 34.9 Å². The second-order valence-electron chi connectivity index (χ2n) is 4.14. The molecule has 1 aliphatic rings. The summed E-state index contributed by atoms with van der Waals surface area (Å²) in [7, 11) is 0. The van der Waals surface area contributed by atoms with E-state index in [4.69, 9.17) is 17.3 Å². The van der Waals surface area contributed by atoms with Crippen molar-refractivity contribution in [3.05, 3.63) is 22.7 Å². The molecule has 5 heteroatoms. The molecule has 1 unspecified atom stereocenters. The molecule has 1 saturated heterocycles. The number of rotatable bonds is 3. The quantitative estimate of drug-likeness (QED) is 0.835. The third-order valence-corrected chi connectivity index (χ3v) is 5.92.